The molecule has 0 aliphatic carbocycles. The van der Waals surface area contributed by atoms with Gasteiger partial charge in [0.2, 0.25) is 5.91 Å². The van der Waals surface area contributed by atoms with Gasteiger partial charge >= 0.3 is 5.97 Å². The number of aliphatic carboxylic acids is 1. The lowest BCUT2D eigenvalue weighted by atomic mass is 9.89. The van der Waals surface area contributed by atoms with Crippen molar-refractivity contribution in [1.29, 1.82) is 5.26 Å². The van der Waals surface area contributed by atoms with Gasteiger partial charge in [-0.3, -0.25) is 9.69 Å². The Morgan fingerprint density at radius 2 is 1.54 bits per heavy atom. The summed E-state index contributed by atoms with van der Waals surface area (Å²) >= 11 is 12.2. The van der Waals surface area contributed by atoms with E-state index in [0.717, 1.165) is 50.9 Å². The van der Waals surface area contributed by atoms with Gasteiger partial charge in [-0.2, -0.15) is 5.26 Å². The average molecular weight is 853 g/mol. The summed E-state index contributed by atoms with van der Waals surface area (Å²) in [5.41, 5.74) is 8.13. The van der Waals surface area contributed by atoms with E-state index < -0.39 is 18.1 Å². The smallest absolute Gasteiger partial charge is 0.326 e. The van der Waals surface area contributed by atoms with Gasteiger partial charge < -0.3 is 24.6 Å². The Bertz CT molecular complexity index is 2560. The predicted octanol–water partition coefficient (Wildman–Crippen LogP) is 10.3. The molecule has 1 amide bonds. The molecule has 4 atom stereocenters. The van der Waals surface area contributed by atoms with Gasteiger partial charge in [0.05, 0.1) is 27.7 Å². The molecular formula is C50H43Cl2N3O6. The van der Waals surface area contributed by atoms with E-state index in [9.17, 15) is 14.7 Å². The number of rotatable bonds is 13. The molecule has 2 heterocycles. The average Bonchev–Trinajstić information content (AvgIpc) is 3.29. The summed E-state index contributed by atoms with van der Waals surface area (Å²) in [5.74, 6) is 0.477. The summed E-state index contributed by atoms with van der Waals surface area (Å²) in [6.07, 6.45) is 0.861. The lowest BCUT2D eigenvalue weighted by molar-refractivity contribution is -0.143. The highest BCUT2D eigenvalue weighted by Crippen LogP contribution is 2.42. The van der Waals surface area contributed by atoms with Crippen molar-refractivity contribution in [2.24, 2.45) is 0 Å². The van der Waals surface area contributed by atoms with Crippen LogP contribution >= 0.6 is 23.2 Å². The molecule has 2 aliphatic rings. The lowest BCUT2D eigenvalue weighted by Crippen LogP contribution is -2.55. The Morgan fingerprint density at radius 1 is 0.852 bits per heavy atom. The van der Waals surface area contributed by atoms with Crippen molar-refractivity contribution in [2.45, 2.75) is 63.6 Å². The normalized spacial score (nSPS) is 16.7. The quantitative estimate of drug-likeness (QED) is 0.118. The molecule has 0 fully saturated rings. The molecule has 0 aromatic heterocycles. The first-order chi connectivity index (χ1) is 29.6. The first kappa shape index (κ1) is 41.4. The van der Waals surface area contributed by atoms with Gasteiger partial charge in [0.15, 0.2) is 17.6 Å². The van der Waals surface area contributed by atoms with Crippen LogP contribution in [0.2, 0.25) is 10.0 Å². The second-order valence-corrected chi connectivity index (χ2v) is 16.1. The van der Waals surface area contributed by atoms with Crippen LogP contribution in [0.4, 0.5) is 0 Å². The molecule has 0 radical (unpaired) electrons. The molecular weight excluding hydrogens is 809 g/mol. The third kappa shape index (κ3) is 9.53. The van der Waals surface area contributed by atoms with Crippen LogP contribution < -0.4 is 19.5 Å². The molecule has 11 heteroatoms. The molecule has 0 saturated carbocycles. The molecule has 2 N–H and O–H groups in total. The van der Waals surface area contributed by atoms with E-state index in [1.807, 2.05) is 97.1 Å². The minimum atomic E-state index is -1.14. The molecule has 0 bridgehead atoms. The van der Waals surface area contributed by atoms with Crippen LogP contribution in [0, 0.1) is 11.3 Å². The number of carboxylic acids is 1. The SMILES string of the molecule is CCC(c1ccccc1)N1Cc2cc3c(cc2C[C@H]1C(=O)N[C@@H](Cc1ccc(-c2ccc(C#N)cc2)cc1)C(=O)O)OC[C@H](c1ccc(OCc2ccc(Cl)c(Cl)c2)cc1)O3. The molecule has 9 nitrogen and oxygen atoms in total. The third-order valence-corrected chi connectivity index (χ3v) is 12.1. The van der Waals surface area contributed by atoms with Crippen LogP contribution in [-0.4, -0.2) is 40.6 Å². The zero-order chi connectivity index (χ0) is 42.5. The Morgan fingerprint density at radius 3 is 2.21 bits per heavy atom. The number of nitriles is 1. The number of carbonyl (C=O) groups is 2. The van der Waals surface area contributed by atoms with Crippen LogP contribution in [-0.2, 0) is 35.6 Å². The molecule has 6 aromatic rings. The van der Waals surface area contributed by atoms with Gasteiger partial charge in [0.25, 0.3) is 0 Å². The molecule has 6 aromatic carbocycles. The third-order valence-electron chi connectivity index (χ3n) is 11.4. The van der Waals surface area contributed by atoms with Gasteiger partial charge in [-0.1, -0.05) is 115 Å². The lowest BCUT2D eigenvalue weighted by Gasteiger charge is -2.42. The number of fused-ring (bicyclic) bond motifs is 2. The second kappa shape index (κ2) is 18.5. The summed E-state index contributed by atoms with van der Waals surface area (Å²) < 4.78 is 18.9. The van der Waals surface area contributed by atoms with Gasteiger partial charge in [-0.25, -0.2) is 4.79 Å². The van der Waals surface area contributed by atoms with Crippen molar-refractivity contribution in [3.05, 3.63) is 182 Å². The van der Waals surface area contributed by atoms with Crippen molar-refractivity contribution in [1.82, 2.24) is 10.2 Å². The van der Waals surface area contributed by atoms with E-state index in [1.54, 1.807) is 24.3 Å². The van der Waals surface area contributed by atoms with Crippen molar-refractivity contribution >= 4 is 35.1 Å². The maximum absolute atomic E-state index is 14.4. The van der Waals surface area contributed by atoms with Crippen LogP contribution in [0.5, 0.6) is 17.2 Å². The summed E-state index contributed by atoms with van der Waals surface area (Å²) in [6.45, 7) is 3.19. The number of ether oxygens (including phenoxy) is 3. The standard InChI is InChI=1S/C50H43Cl2N3O6/c1-2-44(36-6-4-3-5-7-36)55-28-39-26-47-46(60-30-48(61-47)37-17-19-40(20-18-37)59-29-33-12-21-41(51)42(52)22-33)25-38(39)24-45(55)49(56)54-43(50(57)58)23-31-8-13-34(14-9-31)35-15-10-32(27-53)11-16-35/h3-22,25-26,43-45,48H,2,23-24,28-30H2,1H3,(H,54,56)(H,57,58)/t43-,44?,45-,48+/m0/s1. The highest BCUT2D eigenvalue weighted by atomic mass is 35.5. The Hall–Kier alpha value is -6.31. The molecule has 8 rings (SSSR count). The Kier molecular flexibility index (Phi) is 12.6. The van der Waals surface area contributed by atoms with Crippen LogP contribution in [0.25, 0.3) is 11.1 Å². The number of hydrogen-bond acceptors (Lipinski definition) is 7. The summed E-state index contributed by atoms with van der Waals surface area (Å²) in [6, 6.07) is 42.3. The largest absolute Gasteiger partial charge is 0.489 e. The minimum absolute atomic E-state index is 0.110. The zero-order valence-electron chi connectivity index (χ0n) is 33.4. The van der Waals surface area contributed by atoms with Crippen molar-refractivity contribution in [3.63, 3.8) is 0 Å². The summed E-state index contributed by atoms with van der Waals surface area (Å²) in [4.78, 5) is 29.3. The van der Waals surface area contributed by atoms with Crippen LogP contribution in [0.1, 0.15) is 64.4 Å². The van der Waals surface area contributed by atoms with E-state index in [2.05, 4.69) is 35.3 Å². The van der Waals surface area contributed by atoms with E-state index in [1.165, 1.54) is 0 Å². The highest BCUT2D eigenvalue weighted by Gasteiger charge is 2.39. The molecule has 308 valence electrons. The predicted molar refractivity (Wildman–Crippen MR) is 235 cm³/mol. The minimum Gasteiger partial charge on any atom is -0.489 e. The van der Waals surface area contributed by atoms with E-state index >= 15 is 0 Å². The maximum atomic E-state index is 14.4. The number of carbonyl (C=O) groups excluding carboxylic acids is 1. The van der Waals surface area contributed by atoms with Gasteiger partial charge in [0, 0.05) is 19.0 Å². The number of carboxylic acid groups (broad SMARTS) is 1. The fourth-order valence-electron chi connectivity index (χ4n) is 8.09. The maximum Gasteiger partial charge on any atom is 0.326 e. The van der Waals surface area contributed by atoms with E-state index in [4.69, 9.17) is 42.7 Å². The number of benzene rings is 6. The summed E-state index contributed by atoms with van der Waals surface area (Å²) in [7, 11) is 0. The molecule has 0 spiro atoms. The number of amides is 1. The number of hydrogen-bond donors (Lipinski definition) is 2. The Balaban J connectivity index is 0.987. The molecule has 61 heavy (non-hydrogen) atoms. The first-order valence-electron chi connectivity index (χ1n) is 20.2. The van der Waals surface area contributed by atoms with Crippen molar-refractivity contribution in [3.8, 4) is 34.4 Å². The van der Waals surface area contributed by atoms with E-state index in [0.29, 0.717) is 59.0 Å². The fourth-order valence-corrected chi connectivity index (χ4v) is 8.41. The Labute approximate surface area is 365 Å². The molecule has 1 unspecified atom stereocenters. The number of halogens is 2. The topological polar surface area (TPSA) is 121 Å². The van der Waals surface area contributed by atoms with Crippen molar-refractivity contribution < 1.29 is 28.9 Å². The first-order valence-corrected chi connectivity index (χ1v) is 21.0. The highest BCUT2D eigenvalue weighted by molar-refractivity contribution is 6.42. The number of nitrogens with zero attached hydrogens (tertiary/aromatic N) is 2. The monoisotopic (exact) mass is 851 g/mol. The fraction of sp³-hybridized carbons (Fsp3) is 0.220. The van der Waals surface area contributed by atoms with Crippen LogP contribution in [0.3, 0.4) is 0 Å². The van der Waals surface area contributed by atoms with Crippen molar-refractivity contribution in [2.75, 3.05) is 6.61 Å². The second-order valence-electron chi connectivity index (χ2n) is 15.3. The van der Waals surface area contributed by atoms with Gasteiger partial charge in [-0.15, -0.1) is 0 Å². The summed E-state index contributed by atoms with van der Waals surface area (Å²) in [5, 5.41) is 23.4. The molecule has 0 saturated heterocycles. The van der Waals surface area contributed by atoms with Gasteiger partial charge in [0.1, 0.15) is 25.0 Å². The molecule has 2 aliphatic heterocycles. The van der Waals surface area contributed by atoms with Crippen LogP contribution in [0.15, 0.2) is 133 Å². The van der Waals surface area contributed by atoms with E-state index in [-0.39, 0.29) is 24.5 Å². The number of nitrogens with one attached hydrogen (secondary N) is 1. The van der Waals surface area contributed by atoms with Gasteiger partial charge in [-0.05, 0) is 106 Å². The zero-order valence-corrected chi connectivity index (χ0v) is 34.9.